The van der Waals surface area contributed by atoms with Gasteiger partial charge in [0, 0.05) is 0 Å². The fraction of sp³-hybridized carbons (Fsp3) is 0.0588. The van der Waals surface area contributed by atoms with Crippen LogP contribution in [-0.4, -0.2) is 28.4 Å². The number of halogens is 1. The molecule has 6 heteroatoms. The van der Waals surface area contributed by atoms with Gasteiger partial charge in [-0.3, -0.25) is 5.10 Å². The van der Waals surface area contributed by atoms with Crippen LogP contribution in [0.3, 0.4) is 0 Å². The van der Waals surface area contributed by atoms with Crippen LogP contribution in [0.5, 0.6) is 5.75 Å². The van der Waals surface area contributed by atoms with E-state index in [0.29, 0.717) is 22.2 Å². The fourth-order valence-electron chi connectivity index (χ4n) is 2.39. The molecule has 5 nitrogen and oxygen atoms in total. The Morgan fingerprint density at radius 1 is 1.30 bits per heavy atom. The number of H-pyrrole nitrogens is 1. The first kappa shape index (κ1) is 14.8. The van der Waals surface area contributed by atoms with Crippen molar-refractivity contribution >= 4 is 29.0 Å². The Morgan fingerprint density at radius 2 is 2.13 bits per heavy atom. The number of hydrogen-bond acceptors (Lipinski definition) is 3. The monoisotopic (exact) mass is 312 g/mol. The second-order valence-corrected chi connectivity index (χ2v) is 4.87. The minimum absolute atomic E-state index is 0.0572. The first-order valence-electron chi connectivity index (χ1n) is 6.82. The summed E-state index contributed by atoms with van der Waals surface area (Å²) in [6.45, 7) is 0. The van der Waals surface area contributed by atoms with Gasteiger partial charge < -0.3 is 9.84 Å². The number of carboxylic acid groups (broad SMARTS) is 1. The molecule has 0 bridgehead atoms. The third-order valence-electron chi connectivity index (χ3n) is 3.43. The Balaban J connectivity index is 2.11. The van der Waals surface area contributed by atoms with Gasteiger partial charge in [0.05, 0.1) is 23.7 Å². The van der Waals surface area contributed by atoms with Crippen molar-refractivity contribution < 1.29 is 19.0 Å². The second kappa shape index (κ2) is 5.92. The summed E-state index contributed by atoms with van der Waals surface area (Å²) in [7, 11) is 1.41. The number of ether oxygens (including phenoxy) is 1. The van der Waals surface area contributed by atoms with Gasteiger partial charge in [-0.15, -0.1) is 0 Å². The van der Waals surface area contributed by atoms with Gasteiger partial charge in [-0.05, 0) is 35.9 Å². The fourth-order valence-corrected chi connectivity index (χ4v) is 2.39. The highest BCUT2D eigenvalue weighted by atomic mass is 19.1. The van der Waals surface area contributed by atoms with Crippen LogP contribution in [0.4, 0.5) is 4.39 Å². The van der Waals surface area contributed by atoms with Gasteiger partial charge >= 0.3 is 5.97 Å². The molecule has 3 aromatic rings. The van der Waals surface area contributed by atoms with Gasteiger partial charge in [-0.1, -0.05) is 18.2 Å². The molecule has 0 saturated carbocycles. The van der Waals surface area contributed by atoms with E-state index in [-0.39, 0.29) is 17.1 Å². The predicted octanol–water partition coefficient (Wildman–Crippen LogP) is 3.58. The molecule has 0 fully saturated rings. The number of carbonyl (C=O) groups is 1. The maximum absolute atomic E-state index is 13.2. The molecular weight excluding hydrogens is 299 g/mol. The van der Waals surface area contributed by atoms with Crippen LogP contribution in [0.25, 0.3) is 23.1 Å². The number of carboxylic acids is 1. The van der Waals surface area contributed by atoms with Crippen LogP contribution in [0.1, 0.15) is 21.6 Å². The SMILES string of the molecule is COc1c(C(=O)O)ccc2[nH]nc(C=Cc3cccc(F)c3)c12. The minimum atomic E-state index is -1.08. The molecule has 1 aromatic heterocycles. The summed E-state index contributed by atoms with van der Waals surface area (Å²) >= 11 is 0. The van der Waals surface area contributed by atoms with Gasteiger partial charge in [0.25, 0.3) is 0 Å². The van der Waals surface area contributed by atoms with E-state index in [1.54, 1.807) is 30.4 Å². The van der Waals surface area contributed by atoms with Crippen molar-refractivity contribution in [2.24, 2.45) is 0 Å². The number of fused-ring (bicyclic) bond motifs is 1. The lowest BCUT2D eigenvalue weighted by molar-refractivity contribution is 0.0693. The lowest BCUT2D eigenvalue weighted by Gasteiger charge is -2.06. The number of rotatable bonds is 4. The van der Waals surface area contributed by atoms with Crippen LogP contribution in [0.15, 0.2) is 36.4 Å². The summed E-state index contributed by atoms with van der Waals surface area (Å²) in [6.07, 6.45) is 3.38. The van der Waals surface area contributed by atoms with E-state index in [0.717, 1.165) is 0 Å². The molecule has 23 heavy (non-hydrogen) atoms. The van der Waals surface area contributed by atoms with Crippen molar-refractivity contribution in [3.8, 4) is 5.75 Å². The molecule has 0 aliphatic rings. The largest absolute Gasteiger partial charge is 0.495 e. The van der Waals surface area contributed by atoms with E-state index < -0.39 is 5.97 Å². The first-order chi connectivity index (χ1) is 11.1. The van der Waals surface area contributed by atoms with Crippen molar-refractivity contribution in [3.05, 3.63) is 59.0 Å². The molecule has 116 valence electrons. The third kappa shape index (κ3) is 2.78. The summed E-state index contributed by atoms with van der Waals surface area (Å²) in [4.78, 5) is 11.3. The maximum atomic E-state index is 13.2. The van der Waals surface area contributed by atoms with E-state index >= 15 is 0 Å². The summed E-state index contributed by atoms with van der Waals surface area (Å²) < 4.78 is 18.5. The van der Waals surface area contributed by atoms with Crippen LogP contribution < -0.4 is 4.74 Å². The summed E-state index contributed by atoms with van der Waals surface area (Å²) in [6, 6.07) is 9.22. The highest BCUT2D eigenvalue weighted by Gasteiger charge is 2.17. The van der Waals surface area contributed by atoms with Crippen molar-refractivity contribution in [1.82, 2.24) is 10.2 Å². The van der Waals surface area contributed by atoms with Gasteiger partial charge in [0.1, 0.15) is 17.1 Å². The highest BCUT2D eigenvalue weighted by Crippen LogP contribution is 2.32. The summed E-state index contributed by atoms with van der Waals surface area (Å²) in [5, 5.41) is 16.8. The van der Waals surface area contributed by atoms with Crippen LogP contribution in [0, 0.1) is 5.82 Å². The number of benzene rings is 2. The van der Waals surface area contributed by atoms with E-state index in [2.05, 4.69) is 10.2 Å². The highest BCUT2D eigenvalue weighted by molar-refractivity contribution is 6.02. The maximum Gasteiger partial charge on any atom is 0.339 e. The van der Waals surface area contributed by atoms with Gasteiger partial charge in [-0.2, -0.15) is 5.10 Å². The molecule has 0 spiro atoms. The normalized spacial score (nSPS) is 11.2. The zero-order valence-electron chi connectivity index (χ0n) is 12.2. The lowest BCUT2D eigenvalue weighted by Crippen LogP contribution is -2.00. The van der Waals surface area contributed by atoms with Crippen molar-refractivity contribution in [1.29, 1.82) is 0 Å². The zero-order valence-corrected chi connectivity index (χ0v) is 12.2. The van der Waals surface area contributed by atoms with E-state index in [1.807, 2.05) is 0 Å². The smallest absolute Gasteiger partial charge is 0.339 e. The van der Waals surface area contributed by atoms with Crippen molar-refractivity contribution in [3.63, 3.8) is 0 Å². The molecule has 1 heterocycles. The summed E-state index contributed by atoms with van der Waals surface area (Å²) in [5.74, 6) is -1.17. The molecule has 0 saturated heterocycles. The quantitative estimate of drug-likeness (QED) is 0.772. The molecule has 2 N–H and O–H groups in total. The Hall–Kier alpha value is -3.15. The van der Waals surface area contributed by atoms with Crippen LogP contribution in [-0.2, 0) is 0 Å². The van der Waals surface area contributed by atoms with Gasteiger partial charge in [-0.25, -0.2) is 9.18 Å². The first-order valence-corrected chi connectivity index (χ1v) is 6.82. The Morgan fingerprint density at radius 3 is 2.83 bits per heavy atom. The van der Waals surface area contributed by atoms with Crippen LogP contribution in [0.2, 0.25) is 0 Å². The minimum Gasteiger partial charge on any atom is -0.495 e. The molecule has 0 unspecified atom stereocenters. The Labute approximate surface area is 131 Å². The summed E-state index contributed by atoms with van der Waals surface area (Å²) in [5.41, 5.74) is 1.91. The molecule has 0 aliphatic heterocycles. The number of aromatic nitrogens is 2. The standard InChI is InChI=1S/C17H13FN2O3/c1-23-16-12(17(21)22)6-8-14-15(16)13(19-20-14)7-5-10-3-2-4-11(18)9-10/h2-9H,1H3,(H,19,20)(H,21,22). The van der Waals surface area contributed by atoms with Gasteiger partial charge in [0.15, 0.2) is 0 Å². The molecule has 0 amide bonds. The predicted molar refractivity (Wildman–Crippen MR) is 84.9 cm³/mol. The topological polar surface area (TPSA) is 75.2 Å². The van der Waals surface area contributed by atoms with Gasteiger partial charge in [0.2, 0.25) is 0 Å². The van der Waals surface area contributed by atoms with E-state index in [9.17, 15) is 14.3 Å². The Bertz CT molecular complexity index is 915. The molecule has 0 aliphatic carbocycles. The van der Waals surface area contributed by atoms with Crippen molar-refractivity contribution in [2.45, 2.75) is 0 Å². The number of nitrogens with zero attached hydrogens (tertiary/aromatic N) is 1. The molecule has 0 atom stereocenters. The van der Waals surface area contributed by atoms with Crippen molar-refractivity contribution in [2.75, 3.05) is 7.11 Å². The number of aromatic amines is 1. The number of aromatic carboxylic acids is 1. The molecule has 2 aromatic carbocycles. The second-order valence-electron chi connectivity index (χ2n) is 4.87. The molecular formula is C17H13FN2O3. The molecule has 3 rings (SSSR count). The third-order valence-corrected chi connectivity index (χ3v) is 3.43. The average Bonchev–Trinajstić information content (AvgIpc) is 2.95. The van der Waals surface area contributed by atoms with E-state index in [1.165, 1.54) is 25.3 Å². The number of methoxy groups -OCH3 is 1. The van der Waals surface area contributed by atoms with Crippen LogP contribution >= 0.6 is 0 Å². The zero-order chi connectivity index (χ0) is 16.4. The molecule has 0 radical (unpaired) electrons. The average molecular weight is 312 g/mol. The Kier molecular flexibility index (Phi) is 3.80. The number of nitrogens with one attached hydrogen (secondary N) is 1. The lowest BCUT2D eigenvalue weighted by atomic mass is 10.1. The number of hydrogen-bond donors (Lipinski definition) is 2. The van der Waals surface area contributed by atoms with E-state index in [4.69, 9.17) is 4.74 Å².